The van der Waals surface area contributed by atoms with Crippen LogP contribution in [0.1, 0.15) is 6.42 Å². The molecule has 0 atom stereocenters. The van der Waals surface area contributed by atoms with Crippen LogP contribution in [0.4, 0.5) is 11.6 Å². The molecule has 0 unspecified atom stereocenters. The molecular formula is C17H19N7O3. The van der Waals surface area contributed by atoms with Gasteiger partial charge in [-0.15, -0.1) is 0 Å². The second-order valence-electron chi connectivity index (χ2n) is 6.38. The smallest absolute Gasteiger partial charge is 0.312 e. The summed E-state index contributed by atoms with van der Waals surface area (Å²) in [5, 5.41) is 0. The summed E-state index contributed by atoms with van der Waals surface area (Å²) in [7, 11) is 1.53. The van der Waals surface area contributed by atoms with Gasteiger partial charge in [0.2, 0.25) is 5.95 Å². The zero-order valence-electron chi connectivity index (χ0n) is 14.8. The summed E-state index contributed by atoms with van der Waals surface area (Å²) in [4.78, 5) is 43.8. The van der Waals surface area contributed by atoms with E-state index < -0.39 is 23.7 Å². The molecule has 0 saturated heterocycles. The first-order chi connectivity index (χ1) is 13.0. The van der Waals surface area contributed by atoms with Crippen molar-refractivity contribution in [3.8, 4) is 0 Å². The number of aryl methyl sites for hydroxylation is 2. The number of hydrogen-bond donors (Lipinski definition) is 2. The Morgan fingerprint density at radius 1 is 1.22 bits per heavy atom. The van der Waals surface area contributed by atoms with Crippen molar-refractivity contribution in [2.75, 3.05) is 11.4 Å². The normalized spacial score (nSPS) is 13.6. The van der Waals surface area contributed by atoms with Gasteiger partial charge in [-0.3, -0.25) is 19.6 Å². The highest BCUT2D eigenvalue weighted by molar-refractivity contribution is 5.78. The predicted octanol–water partition coefficient (Wildman–Crippen LogP) is -0.572. The summed E-state index contributed by atoms with van der Waals surface area (Å²) < 4.78 is 3.97. The molecule has 140 valence electrons. The average Bonchev–Trinajstić information content (AvgIpc) is 3.10. The van der Waals surface area contributed by atoms with Crippen molar-refractivity contribution >= 4 is 28.7 Å². The van der Waals surface area contributed by atoms with Gasteiger partial charge in [0.25, 0.3) is 11.5 Å². The van der Waals surface area contributed by atoms with Gasteiger partial charge in [-0.1, -0.05) is 18.2 Å². The van der Waals surface area contributed by atoms with E-state index in [2.05, 4.69) is 4.98 Å². The SMILES string of the molecule is Cn1c(=O)n(CC(=O)NN)c(=O)c2c1nc1n2CCCN1c1ccccc1. The van der Waals surface area contributed by atoms with E-state index in [-0.39, 0.29) is 0 Å². The highest BCUT2D eigenvalue weighted by Gasteiger charge is 2.27. The highest BCUT2D eigenvalue weighted by Crippen LogP contribution is 2.30. The standard InChI is InChI=1S/C17H19N7O3/c1-21-14-13(15(26)24(17(21)27)10-12(25)20-18)23-9-5-8-22(16(23)19-14)11-6-3-2-4-7-11/h2-4,6-7H,5,8-10,18H2,1H3,(H,20,25). The Hall–Kier alpha value is -3.40. The number of nitrogens with two attached hydrogens (primary N) is 1. The molecule has 4 rings (SSSR count). The number of benzene rings is 1. The number of nitrogens with zero attached hydrogens (tertiary/aromatic N) is 5. The van der Waals surface area contributed by atoms with E-state index in [4.69, 9.17) is 5.84 Å². The van der Waals surface area contributed by atoms with Gasteiger partial charge in [0.05, 0.1) is 0 Å². The zero-order chi connectivity index (χ0) is 19.1. The van der Waals surface area contributed by atoms with Crippen LogP contribution in [0.2, 0.25) is 0 Å². The first-order valence-electron chi connectivity index (χ1n) is 8.55. The lowest BCUT2D eigenvalue weighted by molar-refractivity contribution is -0.121. The fourth-order valence-corrected chi connectivity index (χ4v) is 3.45. The highest BCUT2D eigenvalue weighted by atomic mass is 16.2. The summed E-state index contributed by atoms with van der Waals surface area (Å²) in [6.07, 6.45) is 0.818. The fourth-order valence-electron chi connectivity index (χ4n) is 3.45. The molecule has 0 saturated carbocycles. The number of para-hydroxylation sites is 1. The van der Waals surface area contributed by atoms with Gasteiger partial charge >= 0.3 is 5.69 Å². The molecule has 27 heavy (non-hydrogen) atoms. The van der Waals surface area contributed by atoms with Crippen LogP contribution < -0.4 is 27.4 Å². The maximum Gasteiger partial charge on any atom is 0.332 e. The summed E-state index contributed by atoms with van der Waals surface area (Å²) in [5.74, 6) is 5.08. The van der Waals surface area contributed by atoms with Crippen molar-refractivity contribution in [3.05, 3.63) is 51.2 Å². The quantitative estimate of drug-likeness (QED) is 0.362. The Bertz CT molecular complexity index is 1140. The molecule has 0 spiro atoms. The van der Waals surface area contributed by atoms with E-state index in [0.29, 0.717) is 23.7 Å². The molecular weight excluding hydrogens is 350 g/mol. The largest absolute Gasteiger partial charge is 0.332 e. The number of imidazole rings is 1. The molecule has 1 aromatic carbocycles. The third kappa shape index (κ3) is 2.61. The Kier molecular flexibility index (Phi) is 4.04. The van der Waals surface area contributed by atoms with Gasteiger partial charge in [-0.25, -0.2) is 15.2 Å². The van der Waals surface area contributed by atoms with Crippen molar-refractivity contribution in [1.29, 1.82) is 0 Å². The Morgan fingerprint density at radius 3 is 2.67 bits per heavy atom. The number of hydrazine groups is 1. The molecule has 1 aliphatic heterocycles. The lowest BCUT2D eigenvalue weighted by atomic mass is 10.2. The van der Waals surface area contributed by atoms with Gasteiger partial charge in [0.1, 0.15) is 6.54 Å². The number of aromatic nitrogens is 4. The number of nitrogens with one attached hydrogen (secondary N) is 1. The van der Waals surface area contributed by atoms with E-state index in [1.54, 1.807) is 0 Å². The van der Waals surface area contributed by atoms with Gasteiger partial charge in [-0.2, -0.15) is 4.98 Å². The average molecular weight is 369 g/mol. The maximum absolute atomic E-state index is 13.0. The third-order valence-electron chi connectivity index (χ3n) is 4.75. The summed E-state index contributed by atoms with van der Waals surface area (Å²) in [6, 6.07) is 9.74. The number of carbonyl (C=O) groups excluding carboxylic acids is 1. The van der Waals surface area contributed by atoms with Crippen LogP contribution in [0.15, 0.2) is 39.9 Å². The Balaban J connectivity index is 1.97. The Labute approximate surface area is 153 Å². The van der Waals surface area contributed by atoms with E-state index in [1.165, 1.54) is 11.6 Å². The minimum atomic E-state index is -0.627. The molecule has 3 aromatic rings. The van der Waals surface area contributed by atoms with Crippen LogP contribution in [0.3, 0.4) is 0 Å². The minimum absolute atomic E-state index is 0.298. The molecule has 10 nitrogen and oxygen atoms in total. The van der Waals surface area contributed by atoms with Crippen LogP contribution in [0.25, 0.3) is 11.2 Å². The topological polar surface area (TPSA) is 120 Å². The molecule has 1 aliphatic rings. The molecule has 10 heteroatoms. The van der Waals surface area contributed by atoms with Crippen molar-refractivity contribution < 1.29 is 4.79 Å². The van der Waals surface area contributed by atoms with Crippen LogP contribution in [0.5, 0.6) is 0 Å². The number of carbonyl (C=O) groups is 1. The molecule has 1 amide bonds. The summed E-state index contributed by atoms with van der Waals surface area (Å²) in [6.45, 7) is 0.914. The first kappa shape index (κ1) is 17.0. The monoisotopic (exact) mass is 369 g/mol. The molecule has 0 bridgehead atoms. The van der Waals surface area contributed by atoms with Crippen molar-refractivity contribution in [2.45, 2.75) is 19.5 Å². The number of anilines is 2. The molecule has 2 aromatic heterocycles. The molecule has 3 N–H and O–H groups in total. The van der Waals surface area contributed by atoms with Gasteiger partial charge < -0.3 is 9.47 Å². The van der Waals surface area contributed by atoms with E-state index in [9.17, 15) is 14.4 Å². The van der Waals surface area contributed by atoms with Crippen molar-refractivity contribution in [3.63, 3.8) is 0 Å². The van der Waals surface area contributed by atoms with Crippen molar-refractivity contribution in [2.24, 2.45) is 12.9 Å². The van der Waals surface area contributed by atoms with Gasteiger partial charge in [-0.05, 0) is 18.6 Å². The second-order valence-corrected chi connectivity index (χ2v) is 6.38. The molecule has 0 aliphatic carbocycles. The van der Waals surface area contributed by atoms with Crippen molar-refractivity contribution in [1.82, 2.24) is 24.1 Å². The van der Waals surface area contributed by atoms with Gasteiger partial charge in [0.15, 0.2) is 11.2 Å². The van der Waals surface area contributed by atoms with Crippen LogP contribution >= 0.6 is 0 Å². The number of rotatable bonds is 3. The van der Waals surface area contributed by atoms with Crippen LogP contribution in [-0.4, -0.2) is 31.1 Å². The Morgan fingerprint density at radius 2 is 1.96 bits per heavy atom. The first-order valence-corrected chi connectivity index (χ1v) is 8.55. The minimum Gasteiger partial charge on any atom is -0.312 e. The lowest BCUT2D eigenvalue weighted by Gasteiger charge is -2.28. The van der Waals surface area contributed by atoms with E-state index in [1.807, 2.05) is 45.2 Å². The number of amides is 1. The number of hydrogen-bond acceptors (Lipinski definition) is 6. The third-order valence-corrected chi connectivity index (χ3v) is 4.75. The lowest BCUT2D eigenvalue weighted by Crippen LogP contribution is -2.45. The fraction of sp³-hybridized carbons (Fsp3) is 0.294. The summed E-state index contributed by atoms with van der Waals surface area (Å²) in [5.41, 5.74) is 2.34. The zero-order valence-corrected chi connectivity index (χ0v) is 14.8. The van der Waals surface area contributed by atoms with Gasteiger partial charge in [0, 0.05) is 25.8 Å². The molecule has 3 heterocycles. The second kappa shape index (κ2) is 6.40. The van der Waals surface area contributed by atoms with E-state index in [0.717, 1.165) is 23.2 Å². The van der Waals surface area contributed by atoms with Crippen LogP contribution in [-0.2, 0) is 24.9 Å². The molecule has 0 radical (unpaired) electrons. The summed E-state index contributed by atoms with van der Waals surface area (Å²) >= 11 is 0. The predicted molar refractivity (Wildman–Crippen MR) is 99.6 cm³/mol. The molecule has 0 fully saturated rings. The number of fused-ring (bicyclic) bond motifs is 3. The maximum atomic E-state index is 13.0. The van der Waals surface area contributed by atoms with Crippen LogP contribution in [0, 0.1) is 0 Å². The van der Waals surface area contributed by atoms with E-state index >= 15 is 0 Å².